The van der Waals surface area contributed by atoms with E-state index in [1.165, 1.54) is 14.2 Å². The van der Waals surface area contributed by atoms with E-state index in [4.69, 9.17) is 13.9 Å². The number of rotatable bonds is 9. The van der Waals surface area contributed by atoms with E-state index in [1.807, 2.05) is 43.3 Å². The maximum atomic E-state index is 12.7. The molecule has 0 saturated heterocycles. The Bertz CT molecular complexity index is 715. The van der Waals surface area contributed by atoms with E-state index in [0.29, 0.717) is 6.61 Å². The molecule has 0 bridgehead atoms. The molecule has 1 aromatic carbocycles. The number of aryl methyl sites for hydroxylation is 1. The summed E-state index contributed by atoms with van der Waals surface area (Å²) in [4.78, 5) is 25.4. The maximum Gasteiger partial charge on any atom is 0.323 e. The van der Waals surface area contributed by atoms with Gasteiger partial charge in [0.05, 0.1) is 20.8 Å². The number of hydrogen-bond donors (Lipinski definition) is 0. The van der Waals surface area contributed by atoms with E-state index in [2.05, 4.69) is 33.9 Å². The second-order valence-electron chi connectivity index (χ2n) is 8.92. The third-order valence-electron chi connectivity index (χ3n) is 5.89. The van der Waals surface area contributed by atoms with Crippen LogP contribution in [0.25, 0.3) is 0 Å². The van der Waals surface area contributed by atoms with Gasteiger partial charge < -0.3 is 13.9 Å². The number of carbonyl (C=O) groups excluding carboxylic acids is 2. The van der Waals surface area contributed by atoms with Crippen molar-refractivity contribution in [2.75, 3.05) is 20.8 Å². The molecular weight excluding hydrogens is 384 g/mol. The molecule has 0 aliphatic heterocycles. The molecule has 0 spiro atoms. The van der Waals surface area contributed by atoms with E-state index >= 15 is 0 Å². The van der Waals surface area contributed by atoms with E-state index in [1.54, 1.807) is 0 Å². The summed E-state index contributed by atoms with van der Waals surface area (Å²) in [5.74, 6) is -1.19. The largest absolute Gasteiger partial charge is 0.468 e. The summed E-state index contributed by atoms with van der Waals surface area (Å²) < 4.78 is 16.2. The zero-order valence-corrected chi connectivity index (χ0v) is 20.1. The quantitative estimate of drug-likeness (QED) is 0.248. The number of carbonyl (C=O) groups is 2. The number of methoxy groups -OCH3 is 2. The van der Waals surface area contributed by atoms with Crippen LogP contribution in [-0.4, -0.2) is 41.1 Å². The summed E-state index contributed by atoms with van der Waals surface area (Å²) in [6.07, 6.45) is 4.09. The highest BCUT2D eigenvalue weighted by molar-refractivity contribution is 6.74. The van der Waals surface area contributed by atoms with Gasteiger partial charge >= 0.3 is 11.9 Å². The molecule has 0 aliphatic rings. The van der Waals surface area contributed by atoms with Gasteiger partial charge in [-0.25, -0.2) is 0 Å². The first-order valence-electron chi connectivity index (χ1n) is 9.91. The summed E-state index contributed by atoms with van der Waals surface area (Å²) in [7, 11) is 0.727. The summed E-state index contributed by atoms with van der Waals surface area (Å²) in [6, 6.07) is 7.69. The van der Waals surface area contributed by atoms with E-state index in [-0.39, 0.29) is 17.9 Å². The van der Waals surface area contributed by atoms with Crippen molar-refractivity contribution in [2.24, 2.45) is 5.41 Å². The topological polar surface area (TPSA) is 61.8 Å². The van der Waals surface area contributed by atoms with Gasteiger partial charge in [0.25, 0.3) is 0 Å². The van der Waals surface area contributed by atoms with Crippen molar-refractivity contribution in [1.82, 2.24) is 0 Å². The Morgan fingerprint density at radius 3 is 2.03 bits per heavy atom. The summed E-state index contributed by atoms with van der Waals surface area (Å²) in [5.41, 5.74) is 0.493. The lowest BCUT2D eigenvalue weighted by Gasteiger charge is -2.35. The third kappa shape index (κ3) is 6.28. The van der Waals surface area contributed by atoms with Crippen molar-refractivity contribution in [3.05, 3.63) is 47.5 Å². The van der Waals surface area contributed by atoms with Crippen molar-refractivity contribution in [3.8, 4) is 0 Å². The number of esters is 2. The van der Waals surface area contributed by atoms with Crippen molar-refractivity contribution in [3.63, 3.8) is 0 Å². The smallest absolute Gasteiger partial charge is 0.323 e. The molecule has 0 saturated carbocycles. The Hall–Kier alpha value is -1.92. The van der Waals surface area contributed by atoms with Gasteiger partial charge in [-0.05, 0) is 49.0 Å². The molecule has 0 N–H and O–H groups in total. The molecule has 0 heterocycles. The number of hydrogen-bond acceptors (Lipinski definition) is 5. The average molecular weight is 421 g/mol. The predicted molar refractivity (Wildman–Crippen MR) is 118 cm³/mol. The SMILES string of the molecule is COC(=O)C(C/C=C/CO[Si](C)(C)C(C)(C)C)(Cc1ccccc1C)C(=O)OC. The van der Waals surface area contributed by atoms with E-state index in [0.717, 1.165) is 11.1 Å². The predicted octanol–water partition coefficient (Wildman–Crippen LogP) is 4.84. The van der Waals surface area contributed by atoms with Gasteiger partial charge in [0.15, 0.2) is 13.7 Å². The lowest BCUT2D eigenvalue weighted by atomic mass is 9.77. The van der Waals surface area contributed by atoms with Crippen LogP contribution in [0.5, 0.6) is 0 Å². The van der Waals surface area contributed by atoms with Crippen LogP contribution in [0.15, 0.2) is 36.4 Å². The number of benzene rings is 1. The number of ether oxygens (including phenoxy) is 2. The average Bonchev–Trinajstić information content (AvgIpc) is 2.66. The van der Waals surface area contributed by atoms with Crippen LogP contribution in [-0.2, 0) is 29.9 Å². The molecule has 0 amide bonds. The Labute approximate surface area is 176 Å². The molecule has 6 heteroatoms. The monoisotopic (exact) mass is 420 g/mol. The van der Waals surface area contributed by atoms with Crippen LogP contribution in [0.2, 0.25) is 18.1 Å². The molecule has 1 rings (SSSR count). The molecular formula is C23H36O5Si. The fourth-order valence-electron chi connectivity index (χ4n) is 2.82. The van der Waals surface area contributed by atoms with E-state index in [9.17, 15) is 9.59 Å². The molecule has 0 aliphatic carbocycles. The van der Waals surface area contributed by atoms with Gasteiger partial charge in [-0.3, -0.25) is 9.59 Å². The van der Waals surface area contributed by atoms with Crippen molar-refractivity contribution >= 4 is 20.3 Å². The van der Waals surface area contributed by atoms with Crippen molar-refractivity contribution < 1.29 is 23.5 Å². The molecule has 0 fully saturated rings. The Balaban J connectivity index is 3.07. The highest BCUT2D eigenvalue weighted by Gasteiger charge is 2.47. The minimum absolute atomic E-state index is 0.119. The molecule has 0 unspecified atom stereocenters. The maximum absolute atomic E-state index is 12.7. The standard InChI is InChI=1S/C23H36O5Si/c1-18-13-9-10-14-19(18)17-23(20(24)26-5,21(25)27-6)15-11-12-16-28-29(7,8)22(2,3)4/h9-14H,15-17H2,1-8H3/b12-11+. The second-order valence-corrected chi connectivity index (χ2v) is 13.7. The summed E-state index contributed by atoms with van der Waals surface area (Å²) in [5, 5.41) is 0.119. The molecule has 0 radical (unpaired) electrons. The fraction of sp³-hybridized carbons (Fsp3) is 0.565. The normalized spacial score (nSPS) is 12.8. The lowest BCUT2D eigenvalue weighted by molar-refractivity contribution is -0.169. The van der Waals surface area contributed by atoms with Crippen LogP contribution in [0.3, 0.4) is 0 Å². The summed E-state index contributed by atoms with van der Waals surface area (Å²) in [6.45, 7) is 13.3. The van der Waals surface area contributed by atoms with Crippen molar-refractivity contribution in [1.29, 1.82) is 0 Å². The minimum atomic E-state index is -1.86. The van der Waals surface area contributed by atoms with Crippen LogP contribution >= 0.6 is 0 Å². The van der Waals surface area contributed by atoms with Crippen LogP contribution in [0.4, 0.5) is 0 Å². The highest BCUT2D eigenvalue weighted by atomic mass is 28.4. The number of allylic oxidation sites excluding steroid dienone is 1. The highest BCUT2D eigenvalue weighted by Crippen LogP contribution is 2.36. The molecule has 29 heavy (non-hydrogen) atoms. The van der Waals surface area contributed by atoms with E-state index < -0.39 is 25.7 Å². The zero-order valence-electron chi connectivity index (χ0n) is 19.1. The Morgan fingerprint density at radius 1 is 1.00 bits per heavy atom. The van der Waals surface area contributed by atoms with Gasteiger partial charge in [-0.15, -0.1) is 0 Å². The molecule has 0 atom stereocenters. The van der Waals surface area contributed by atoms with Gasteiger partial charge in [0.1, 0.15) is 0 Å². The molecule has 0 aromatic heterocycles. The van der Waals surface area contributed by atoms with Crippen LogP contribution in [0.1, 0.15) is 38.3 Å². The van der Waals surface area contributed by atoms with Crippen LogP contribution in [0, 0.1) is 12.3 Å². The van der Waals surface area contributed by atoms with Crippen molar-refractivity contribution in [2.45, 2.75) is 58.7 Å². The lowest BCUT2D eigenvalue weighted by Crippen LogP contribution is -2.43. The summed E-state index contributed by atoms with van der Waals surface area (Å²) >= 11 is 0. The molecule has 5 nitrogen and oxygen atoms in total. The fourth-order valence-corrected chi connectivity index (χ4v) is 3.76. The first-order chi connectivity index (χ1) is 13.4. The Morgan fingerprint density at radius 2 is 1.55 bits per heavy atom. The zero-order chi connectivity index (χ0) is 22.3. The first-order valence-corrected chi connectivity index (χ1v) is 12.8. The van der Waals surface area contributed by atoms with Gasteiger partial charge in [0, 0.05) is 0 Å². The van der Waals surface area contributed by atoms with Crippen LogP contribution < -0.4 is 0 Å². The molecule has 162 valence electrons. The second kappa shape index (κ2) is 10.2. The first kappa shape index (κ1) is 25.1. The molecule has 1 aromatic rings. The van der Waals surface area contributed by atoms with Gasteiger partial charge in [0.2, 0.25) is 0 Å². The minimum Gasteiger partial charge on any atom is -0.468 e. The van der Waals surface area contributed by atoms with Gasteiger partial charge in [-0.2, -0.15) is 0 Å². The Kier molecular flexibility index (Phi) is 8.84. The van der Waals surface area contributed by atoms with Gasteiger partial charge in [-0.1, -0.05) is 57.2 Å². The third-order valence-corrected chi connectivity index (χ3v) is 10.4.